The Morgan fingerprint density at radius 1 is 1.21 bits per heavy atom. The molecule has 7 heteroatoms. The highest BCUT2D eigenvalue weighted by atomic mass is 16.5. The second-order valence-corrected chi connectivity index (χ2v) is 5.64. The van der Waals surface area contributed by atoms with Crippen molar-refractivity contribution in [2.24, 2.45) is 7.05 Å². The summed E-state index contributed by atoms with van der Waals surface area (Å²) in [5.41, 5.74) is 1.85. The molecule has 7 nitrogen and oxygen atoms in total. The molecule has 0 fully saturated rings. The Morgan fingerprint density at radius 2 is 1.92 bits per heavy atom. The summed E-state index contributed by atoms with van der Waals surface area (Å²) in [5, 5.41) is 0. The average molecular weight is 330 g/mol. The van der Waals surface area contributed by atoms with E-state index in [0.717, 1.165) is 10.1 Å². The van der Waals surface area contributed by atoms with Crippen molar-refractivity contribution < 1.29 is 14.3 Å². The maximum atomic E-state index is 12.6. The van der Waals surface area contributed by atoms with Gasteiger partial charge in [-0.2, -0.15) is 0 Å². The molecule has 3 rings (SSSR count). The molecule has 0 spiro atoms. The maximum Gasteiger partial charge on any atom is 0.335 e. The van der Waals surface area contributed by atoms with Gasteiger partial charge >= 0.3 is 11.7 Å². The number of hydrogen-bond acceptors (Lipinski definition) is 5. The highest BCUT2D eigenvalue weighted by Gasteiger charge is 2.22. The predicted octanol–water partition coefficient (Wildman–Crippen LogP) is 0.672. The van der Waals surface area contributed by atoms with Gasteiger partial charge in [-0.1, -0.05) is 12.1 Å². The Morgan fingerprint density at radius 3 is 2.58 bits per heavy atom. The van der Waals surface area contributed by atoms with Gasteiger partial charge in [0.05, 0.1) is 37.3 Å². The summed E-state index contributed by atoms with van der Waals surface area (Å²) in [7, 11) is 2.99. The van der Waals surface area contributed by atoms with Gasteiger partial charge in [0.2, 0.25) is 0 Å². The van der Waals surface area contributed by atoms with E-state index in [2.05, 4.69) is 4.74 Å². The molecule has 0 bridgehead atoms. The zero-order chi connectivity index (χ0) is 17.3. The van der Waals surface area contributed by atoms with E-state index < -0.39 is 5.69 Å². The van der Waals surface area contributed by atoms with Crippen molar-refractivity contribution in [3.05, 3.63) is 61.9 Å². The smallest absolute Gasteiger partial charge is 0.335 e. The van der Waals surface area contributed by atoms with Crippen LogP contribution in [-0.4, -0.2) is 22.2 Å². The van der Waals surface area contributed by atoms with Gasteiger partial charge in [-0.15, -0.1) is 0 Å². The number of carbonyl (C=O) groups excluding carboxylic acids is 1. The fourth-order valence-corrected chi connectivity index (χ4v) is 2.78. The normalized spacial score (nSPS) is 12.9. The van der Waals surface area contributed by atoms with Crippen molar-refractivity contribution in [1.29, 1.82) is 0 Å². The number of hydrogen-bond donors (Lipinski definition) is 0. The van der Waals surface area contributed by atoms with Crippen LogP contribution in [0, 0.1) is 0 Å². The van der Waals surface area contributed by atoms with Crippen molar-refractivity contribution in [2.45, 2.75) is 26.1 Å². The largest absolute Gasteiger partial charge is 0.469 e. The van der Waals surface area contributed by atoms with Gasteiger partial charge in [0.15, 0.2) is 0 Å². The Labute approximate surface area is 138 Å². The summed E-state index contributed by atoms with van der Waals surface area (Å²) in [6.45, 7) is 0.503. The predicted molar refractivity (Wildman–Crippen MR) is 86.1 cm³/mol. The molecule has 24 heavy (non-hydrogen) atoms. The summed E-state index contributed by atoms with van der Waals surface area (Å²) >= 11 is 0. The summed E-state index contributed by atoms with van der Waals surface area (Å²) in [6.07, 6.45) is 0.825. The molecule has 2 heterocycles. The number of rotatable bonds is 4. The lowest BCUT2D eigenvalue weighted by Crippen LogP contribution is -2.40. The van der Waals surface area contributed by atoms with E-state index in [1.165, 1.54) is 11.7 Å². The van der Waals surface area contributed by atoms with E-state index in [-0.39, 0.29) is 31.2 Å². The second kappa shape index (κ2) is 6.45. The number of aryl methyl sites for hydroxylation is 1. The SMILES string of the molecule is COC(=O)CCc1ccc(-n2c(=O)c3c(n(C)c2=O)COC3)cc1. The molecule has 0 atom stereocenters. The maximum absolute atomic E-state index is 12.6. The Bertz CT molecular complexity index is 893. The molecule has 0 radical (unpaired) electrons. The molecule has 2 aromatic rings. The molecule has 1 aliphatic heterocycles. The summed E-state index contributed by atoms with van der Waals surface area (Å²) in [6, 6.07) is 7.01. The summed E-state index contributed by atoms with van der Waals surface area (Å²) < 4.78 is 12.5. The van der Waals surface area contributed by atoms with Crippen molar-refractivity contribution in [2.75, 3.05) is 7.11 Å². The molecule has 1 aromatic heterocycles. The molecule has 0 unspecified atom stereocenters. The van der Waals surface area contributed by atoms with Gasteiger partial charge in [0, 0.05) is 13.5 Å². The lowest BCUT2D eigenvalue weighted by molar-refractivity contribution is -0.140. The monoisotopic (exact) mass is 330 g/mol. The van der Waals surface area contributed by atoms with Crippen LogP contribution in [0.3, 0.4) is 0 Å². The number of nitrogens with zero attached hydrogens (tertiary/aromatic N) is 2. The number of carbonyl (C=O) groups is 1. The fraction of sp³-hybridized carbons (Fsp3) is 0.353. The molecule has 0 N–H and O–H groups in total. The molecular formula is C17H18N2O5. The standard InChI is InChI=1S/C17H18N2O5/c1-18-14-10-24-9-13(14)16(21)19(17(18)22)12-6-3-11(4-7-12)5-8-15(20)23-2/h3-4,6-7H,5,8-10H2,1-2H3. The highest BCUT2D eigenvalue weighted by molar-refractivity contribution is 5.69. The highest BCUT2D eigenvalue weighted by Crippen LogP contribution is 2.15. The van der Waals surface area contributed by atoms with Gasteiger partial charge < -0.3 is 9.47 Å². The van der Waals surface area contributed by atoms with Crippen LogP contribution < -0.4 is 11.2 Å². The lowest BCUT2D eigenvalue weighted by Gasteiger charge is -2.11. The number of benzene rings is 1. The molecule has 1 aliphatic rings. The van der Waals surface area contributed by atoms with E-state index in [0.29, 0.717) is 23.4 Å². The molecule has 0 saturated heterocycles. The molecule has 0 aliphatic carbocycles. The first-order chi connectivity index (χ1) is 11.5. The van der Waals surface area contributed by atoms with E-state index in [9.17, 15) is 14.4 Å². The molecular weight excluding hydrogens is 312 g/mol. The topological polar surface area (TPSA) is 79.5 Å². The minimum absolute atomic E-state index is 0.222. The molecule has 0 amide bonds. The van der Waals surface area contributed by atoms with Crippen LogP contribution in [0.25, 0.3) is 5.69 Å². The summed E-state index contributed by atoms with van der Waals surface area (Å²) in [5.74, 6) is -0.275. The molecule has 0 saturated carbocycles. The van der Waals surface area contributed by atoms with Gasteiger partial charge in [0.1, 0.15) is 0 Å². The Kier molecular flexibility index (Phi) is 4.35. The van der Waals surface area contributed by atoms with E-state index in [1.807, 2.05) is 0 Å². The second-order valence-electron chi connectivity index (χ2n) is 5.64. The number of methoxy groups -OCH3 is 1. The fourth-order valence-electron chi connectivity index (χ4n) is 2.78. The zero-order valence-electron chi connectivity index (χ0n) is 13.6. The third kappa shape index (κ3) is 2.78. The third-order valence-corrected chi connectivity index (χ3v) is 4.22. The van der Waals surface area contributed by atoms with Crippen molar-refractivity contribution in [3.63, 3.8) is 0 Å². The first-order valence-electron chi connectivity index (χ1n) is 7.60. The van der Waals surface area contributed by atoms with Crippen LogP contribution in [0.1, 0.15) is 23.2 Å². The van der Waals surface area contributed by atoms with Crippen LogP contribution in [-0.2, 0) is 41.0 Å². The third-order valence-electron chi connectivity index (χ3n) is 4.22. The number of esters is 1. The Hall–Kier alpha value is -2.67. The number of fused-ring (bicyclic) bond motifs is 1. The number of ether oxygens (including phenoxy) is 2. The molecule has 1 aromatic carbocycles. The van der Waals surface area contributed by atoms with Crippen molar-refractivity contribution in [3.8, 4) is 5.69 Å². The van der Waals surface area contributed by atoms with Crippen LogP contribution in [0.15, 0.2) is 33.9 Å². The zero-order valence-corrected chi connectivity index (χ0v) is 13.6. The Balaban J connectivity index is 1.96. The summed E-state index contributed by atoms with van der Waals surface area (Å²) in [4.78, 5) is 36.3. The van der Waals surface area contributed by atoms with Crippen LogP contribution in [0.2, 0.25) is 0 Å². The van der Waals surface area contributed by atoms with Gasteiger partial charge in [0.25, 0.3) is 5.56 Å². The molecule has 126 valence electrons. The van der Waals surface area contributed by atoms with Crippen LogP contribution in [0.5, 0.6) is 0 Å². The van der Waals surface area contributed by atoms with E-state index in [4.69, 9.17) is 4.74 Å². The van der Waals surface area contributed by atoms with Crippen LogP contribution in [0.4, 0.5) is 0 Å². The average Bonchev–Trinajstić information content (AvgIpc) is 3.09. The van der Waals surface area contributed by atoms with Crippen molar-refractivity contribution in [1.82, 2.24) is 9.13 Å². The van der Waals surface area contributed by atoms with Gasteiger partial charge in [-0.05, 0) is 24.1 Å². The quantitative estimate of drug-likeness (QED) is 0.770. The lowest BCUT2D eigenvalue weighted by atomic mass is 10.1. The van der Waals surface area contributed by atoms with Crippen LogP contribution >= 0.6 is 0 Å². The van der Waals surface area contributed by atoms with Gasteiger partial charge in [-0.3, -0.25) is 14.2 Å². The van der Waals surface area contributed by atoms with E-state index in [1.54, 1.807) is 31.3 Å². The first kappa shape index (κ1) is 16.2. The van der Waals surface area contributed by atoms with E-state index >= 15 is 0 Å². The van der Waals surface area contributed by atoms with Crippen molar-refractivity contribution >= 4 is 5.97 Å². The number of aromatic nitrogens is 2. The first-order valence-corrected chi connectivity index (χ1v) is 7.60. The van der Waals surface area contributed by atoms with Gasteiger partial charge in [-0.25, -0.2) is 9.36 Å². The minimum atomic E-state index is -0.397. The minimum Gasteiger partial charge on any atom is -0.469 e.